The SMILES string of the molecule is CC(=O)O[C@H]1CCCC2(OCCO2)[C@@]12CCCC(=O)N2. The maximum atomic E-state index is 11.9. The van der Waals surface area contributed by atoms with Crippen LogP contribution in [0.25, 0.3) is 0 Å². The maximum absolute atomic E-state index is 11.9. The van der Waals surface area contributed by atoms with E-state index in [0.29, 0.717) is 19.6 Å². The fourth-order valence-electron chi connectivity index (χ4n) is 3.88. The van der Waals surface area contributed by atoms with Crippen molar-refractivity contribution in [3.63, 3.8) is 0 Å². The molecule has 2 aliphatic heterocycles. The highest BCUT2D eigenvalue weighted by atomic mass is 16.7. The summed E-state index contributed by atoms with van der Waals surface area (Å²) in [6.45, 7) is 2.44. The second-order valence-electron chi connectivity index (χ2n) is 5.81. The number of hydrogen-bond acceptors (Lipinski definition) is 5. The second-order valence-corrected chi connectivity index (χ2v) is 5.81. The van der Waals surface area contributed by atoms with Crippen molar-refractivity contribution < 1.29 is 23.8 Å². The Morgan fingerprint density at radius 3 is 2.70 bits per heavy atom. The summed E-state index contributed by atoms with van der Waals surface area (Å²) >= 11 is 0. The van der Waals surface area contributed by atoms with Gasteiger partial charge in [0.25, 0.3) is 0 Å². The molecule has 1 saturated carbocycles. The van der Waals surface area contributed by atoms with Gasteiger partial charge in [-0.05, 0) is 25.7 Å². The Kier molecular flexibility index (Phi) is 3.46. The van der Waals surface area contributed by atoms with Crippen LogP contribution < -0.4 is 5.32 Å². The third-order valence-corrected chi connectivity index (χ3v) is 4.60. The summed E-state index contributed by atoms with van der Waals surface area (Å²) in [7, 11) is 0. The summed E-state index contributed by atoms with van der Waals surface area (Å²) in [5, 5.41) is 3.05. The third-order valence-electron chi connectivity index (χ3n) is 4.60. The molecule has 3 aliphatic rings. The molecule has 20 heavy (non-hydrogen) atoms. The van der Waals surface area contributed by atoms with Crippen molar-refractivity contribution in [3.8, 4) is 0 Å². The van der Waals surface area contributed by atoms with Crippen molar-refractivity contribution >= 4 is 11.9 Å². The number of carbonyl (C=O) groups is 2. The highest BCUT2D eigenvalue weighted by molar-refractivity contribution is 5.78. The zero-order valence-electron chi connectivity index (χ0n) is 11.8. The number of nitrogens with one attached hydrogen (secondary N) is 1. The molecule has 0 unspecified atom stereocenters. The molecule has 0 bridgehead atoms. The van der Waals surface area contributed by atoms with Gasteiger partial charge in [0.05, 0.1) is 13.2 Å². The van der Waals surface area contributed by atoms with Crippen molar-refractivity contribution in [2.75, 3.05) is 13.2 Å². The normalized spacial score (nSPS) is 36.0. The molecule has 2 saturated heterocycles. The monoisotopic (exact) mass is 283 g/mol. The van der Waals surface area contributed by atoms with Gasteiger partial charge in [0.1, 0.15) is 11.6 Å². The van der Waals surface area contributed by atoms with Crippen LogP contribution in [0.1, 0.15) is 45.4 Å². The summed E-state index contributed by atoms with van der Waals surface area (Å²) in [5.74, 6) is -1.18. The molecule has 1 aliphatic carbocycles. The molecule has 0 aromatic rings. The summed E-state index contributed by atoms with van der Waals surface area (Å²) < 4.78 is 17.3. The molecule has 6 nitrogen and oxygen atoms in total. The van der Waals surface area contributed by atoms with Gasteiger partial charge < -0.3 is 19.5 Å². The van der Waals surface area contributed by atoms with Gasteiger partial charge in [-0.2, -0.15) is 0 Å². The molecule has 6 heteroatoms. The minimum atomic E-state index is -0.832. The molecule has 112 valence electrons. The van der Waals surface area contributed by atoms with Crippen molar-refractivity contribution in [1.82, 2.24) is 5.32 Å². The maximum Gasteiger partial charge on any atom is 0.302 e. The zero-order valence-corrected chi connectivity index (χ0v) is 11.8. The molecule has 2 spiro atoms. The number of esters is 1. The first-order chi connectivity index (χ1) is 9.58. The molecule has 1 amide bonds. The molecule has 0 aromatic carbocycles. The molecular weight excluding hydrogens is 262 g/mol. The molecule has 1 N–H and O–H groups in total. The highest BCUT2D eigenvalue weighted by Gasteiger charge is 2.64. The molecule has 0 aromatic heterocycles. The van der Waals surface area contributed by atoms with E-state index in [9.17, 15) is 9.59 Å². The van der Waals surface area contributed by atoms with E-state index < -0.39 is 11.3 Å². The van der Waals surface area contributed by atoms with Crippen LogP contribution in [0.2, 0.25) is 0 Å². The van der Waals surface area contributed by atoms with Gasteiger partial charge in [-0.1, -0.05) is 0 Å². The highest BCUT2D eigenvalue weighted by Crippen LogP contribution is 2.48. The lowest BCUT2D eigenvalue weighted by Crippen LogP contribution is -2.74. The number of amides is 1. The number of ether oxygens (including phenoxy) is 3. The Balaban J connectivity index is 1.97. The summed E-state index contributed by atoms with van der Waals surface area (Å²) in [5.41, 5.74) is -0.733. The van der Waals surface area contributed by atoms with Crippen LogP contribution in [0.3, 0.4) is 0 Å². The van der Waals surface area contributed by atoms with Crippen molar-refractivity contribution in [3.05, 3.63) is 0 Å². The van der Waals surface area contributed by atoms with Gasteiger partial charge in [0, 0.05) is 19.8 Å². The van der Waals surface area contributed by atoms with E-state index in [4.69, 9.17) is 14.2 Å². The molecule has 2 atom stereocenters. The summed E-state index contributed by atoms with van der Waals surface area (Å²) in [6.07, 6.45) is 3.92. The summed E-state index contributed by atoms with van der Waals surface area (Å²) in [4.78, 5) is 23.4. The van der Waals surface area contributed by atoms with Crippen molar-refractivity contribution in [2.45, 2.75) is 62.9 Å². The van der Waals surface area contributed by atoms with Gasteiger partial charge in [-0.15, -0.1) is 0 Å². The molecule has 2 heterocycles. The first kappa shape index (κ1) is 13.8. The first-order valence-electron chi connectivity index (χ1n) is 7.34. The number of hydrogen-bond donors (Lipinski definition) is 1. The van der Waals surface area contributed by atoms with E-state index in [-0.39, 0.29) is 18.0 Å². The first-order valence-corrected chi connectivity index (χ1v) is 7.34. The Morgan fingerprint density at radius 1 is 1.30 bits per heavy atom. The van der Waals surface area contributed by atoms with Crippen LogP contribution >= 0.6 is 0 Å². The molecular formula is C14H21NO5. The van der Waals surface area contributed by atoms with E-state index in [2.05, 4.69) is 5.32 Å². The van der Waals surface area contributed by atoms with Crippen molar-refractivity contribution in [1.29, 1.82) is 0 Å². The Bertz CT molecular complexity index is 418. The van der Waals surface area contributed by atoms with Gasteiger partial charge in [0.15, 0.2) is 5.79 Å². The smallest absolute Gasteiger partial charge is 0.302 e. The predicted molar refractivity (Wildman–Crippen MR) is 68.8 cm³/mol. The summed E-state index contributed by atoms with van der Waals surface area (Å²) in [6, 6.07) is 0. The molecule has 3 rings (SSSR count). The molecule has 3 fully saturated rings. The van der Waals surface area contributed by atoms with Crippen LogP contribution in [-0.2, 0) is 23.8 Å². The quantitative estimate of drug-likeness (QED) is 0.723. The Morgan fingerprint density at radius 2 is 2.05 bits per heavy atom. The van der Waals surface area contributed by atoms with Gasteiger partial charge in [0.2, 0.25) is 5.91 Å². The van der Waals surface area contributed by atoms with E-state index in [1.54, 1.807) is 0 Å². The van der Waals surface area contributed by atoms with Gasteiger partial charge in [-0.25, -0.2) is 0 Å². The van der Waals surface area contributed by atoms with E-state index in [0.717, 1.165) is 32.1 Å². The lowest BCUT2D eigenvalue weighted by molar-refractivity contribution is -0.263. The van der Waals surface area contributed by atoms with Crippen LogP contribution in [-0.4, -0.2) is 42.5 Å². The van der Waals surface area contributed by atoms with Crippen LogP contribution in [0.4, 0.5) is 0 Å². The van der Waals surface area contributed by atoms with Crippen molar-refractivity contribution in [2.24, 2.45) is 0 Å². The van der Waals surface area contributed by atoms with Gasteiger partial charge >= 0.3 is 5.97 Å². The topological polar surface area (TPSA) is 73.9 Å². The van der Waals surface area contributed by atoms with Gasteiger partial charge in [-0.3, -0.25) is 9.59 Å². The standard InChI is InChI=1S/C14H21NO5/c1-10(16)20-11-4-2-7-14(18-8-9-19-14)13(11)6-3-5-12(17)15-13/h11H,2-9H2,1H3,(H,15,17)/t11-,13+/m0/s1. The van der Waals surface area contributed by atoms with E-state index in [1.807, 2.05) is 0 Å². The minimum Gasteiger partial charge on any atom is -0.460 e. The fraction of sp³-hybridized carbons (Fsp3) is 0.857. The predicted octanol–water partition coefficient (Wildman–Crippen LogP) is 0.884. The van der Waals surface area contributed by atoms with Crippen LogP contribution in [0.5, 0.6) is 0 Å². The number of carbonyl (C=O) groups excluding carboxylic acids is 2. The lowest BCUT2D eigenvalue weighted by atomic mass is 9.69. The second kappa shape index (κ2) is 5.00. The average Bonchev–Trinajstić information content (AvgIpc) is 2.85. The number of rotatable bonds is 1. The van der Waals surface area contributed by atoms with Crippen LogP contribution in [0, 0.1) is 0 Å². The number of piperidine rings is 1. The Hall–Kier alpha value is -1.14. The molecule has 0 radical (unpaired) electrons. The van der Waals surface area contributed by atoms with Crippen LogP contribution in [0.15, 0.2) is 0 Å². The zero-order chi connectivity index (χ0) is 14.2. The number of fused-ring (bicyclic) bond motifs is 1. The minimum absolute atomic E-state index is 0.0197. The van der Waals surface area contributed by atoms with E-state index >= 15 is 0 Å². The largest absolute Gasteiger partial charge is 0.460 e. The lowest BCUT2D eigenvalue weighted by Gasteiger charge is -2.54. The third kappa shape index (κ3) is 2.02. The van der Waals surface area contributed by atoms with E-state index in [1.165, 1.54) is 6.92 Å². The average molecular weight is 283 g/mol. The fourth-order valence-corrected chi connectivity index (χ4v) is 3.88. The Labute approximate surface area is 118 Å².